The number of fused-ring (bicyclic) bond motifs is 3. The lowest BCUT2D eigenvalue weighted by Gasteiger charge is -2.34. The van der Waals surface area contributed by atoms with Gasteiger partial charge in [-0.05, 0) is 24.6 Å². The van der Waals surface area contributed by atoms with Crippen LogP contribution in [-0.2, 0) is 0 Å². The summed E-state index contributed by atoms with van der Waals surface area (Å²) in [6, 6.07) is 18.5. The van der Waals surface area contributed by atoms with Gasteiger partial charge in [0.2, 0.25) is 0 Å². The summed E-state index contributed by atoms with van der Waals surface area (Å²) in [6.07, 6.45) is 4.44. The van der Waals surface area contributed by atoms with Crippen LogP contribution in [0.2, 0.25) is 0 Å². The smallest absolute Gasteiger partial charge is 0.196 e. The lowest BCUT2D eigenvalue weighted by atomic mass is 10.2. The van der Waals surface area contributed by atoms with Gasteiger partial charge in [0.05, 0.1) is 0 Å². The van der Waals surface area contributed by atoms with Crippen LogP contribution in [0.15, 0.2) is 65.1 Å². The van der Waals surface area contributed by atoms with Crippen molar-refractivity contribution < 1.29 is 4.42 Å². The molecule has 1 saturated heterocycles. The highest BCUT2D eigenvalue weighted by Crippen LogP contribution is 2.33. The zero-order valence-corrected chi connectivity index (χ0v) is 16.6. The van der Waals surface area contributed by atoms with Gasteiger partial charge in [-0.1, -0.05) is 54.6 Å². The van der Waals surface area contributed by atoms with Gasteiger partial charge < -0.3 is 9.32 Å². The van der Waals surface area contributed by atoms with Crippen molar-refractivity contribution in [2.45, 2.75) is 6.92 Å². The van der Waals surface area contributed by atoms with Crippen LogP contribution < -0.4 is 4.90 Å². The number of para-hydroxylation sites is 1. The fourth-order valence-corrected chi connectivity index (χ4v) is 3.94. The molecule has 4 aromatic rings. The Morgan fingerprint density at radius 1 is 0.931 bits per heavy atom. The first-order valence-corrected chi connectivity index (χ1v) is 10.1. The first-order valence-electron chi connectivity index (χ1n) is 10.1. The Kier molecular flexibility index (Phi) is 4.74. The fraction of sp³-hybridized carbons (Fsp3) is 0.250. The van der Waals surface area contributed by atoms with E-state index in [1.165, 1.54) is 5.56 Å². The summed E-state index contributed by atoms with van der Waals surface area (Å²) in [5, 5.41) is 1.05. The lowest BCUT2D eigenvalue weighted by Crippen LogP contribution is -2.46. The Labute approximate surface area is 170 Å². The van der Waals surface area contributed by atoms with Gasteiger partial charge in [0.1, 0.15) is 16.9 Å². The molecule has 5 heteroatoms. The summed E-state index contributed by atoms with van der Waals surface area (Å²) >= 11 is 0. The highest BCUT2D eigenvalue weighted by Gasteiger charge is 2.23. The second kappa shape index (κ2) is 7.68. The third-order valence-electron chi connectivity index (χ3n) is 5.46. The zero-order valence-electron chi connectivity index (χ0n) is 16.6. The molecule has 2 aromatic heterocycles. The summed E-state index contributed by atoms with van der Waals surface area (Å²) in [5.41, 5.74) is 3.83. The number of rotatable bonds is 4. The maximum absolute atomic E-state index is 6.14. The average Bonchev–Trinajstić information content (AvgIpc) is 3.13. The standard InChI is InChI=1S/C24H24N4O/c1-18-25-22-20-11-5-6-12-21(20)29-23(22)24(26-18)28-16-14-27(15-17-28)13-7-10-19-8-3-2-4-9-19/h2-12H,13-17H2,1H3. The van der Waals surface area contributed by atoms with Crippen molar-refractivity contribution in [2.75, 3.05) is 37.6 Å². The van der Waals surface area contributed by atoms with Gasteiger partial charge >= 0.3 is 0 Å². The van der Waals surface area contributed by atoms with Crippen molar-refractivity contribution in [3.8, 4) is 0 Å². The van der Waals surface area contributed by atoms with Gasteiger partial charge in [-0.3, -0.25) is 4.90 Å². The highest BCUT2D eigenvalue weighted by molar-refractivity contribution is 6.05. The molecule has 0 aliphatic carbocycles. The van der Waals surface area contributed by atoms with E-state index in [2.05, 4.69) is 57.3 Å². The van der Waals surface area contributed by atoms with Gasteiger partial charge in [0.15, 0.2) is 11.4 Å². The van der Waals surface area contributed by atoms with Crippen LogP contribution in [0.3, 0.4) is 0 Å². The molecule has 3 heterocycles. The number of hydrogen-bond acceptors (Lipinski definition) is 5. The molecule has 5 rings (SSSR count). The van der Waals surface area contributed by atoms with Crippen molar-refractivity contribution in [3.05, 3.63) is 72.1 Å². The molecule has 0 amide bonds. The minimum Gasteiger partial charge on any atom is -0.450 e. The number of nitrogens with zero attached hydrogens (tertiary/aromatic N) is 4. The lowest BCUT2D eigenvalue weighted by molar-refractivity contribution is 0.283. The fourth-order valence-electron chi connectivity index (χ4n) is 3.94. The number of hydrogen-bond donors (Lipinski definition) is 0. The molecule has 0 N–H and O–H groups in total. The molecule has 0 unspecified atom stereocenters. The van der Waals surface area contributed by atoms with Crippen LogP contribution >= 0.6 is 0 Å². The van der Waals surface area contributed by atoms with E-state index in [1.807, 2.05) is 31.2 Å². The first-order chi connectivity index (χ1) is 14.3. The Morgan fingerprint density at radius 2 is 1.69 bits per heavy atom. The highest BCUT2D eigenvalue weighted by atomic mass is 16.3. The Hall–Kier alpha value is -3.18. The molecule has 146 valence electrons. The van der Waals surface area contributed by atoms with Gasteiger partial charge in [-0.15, -0.1) is 0 Å². The summed E-state index contributed by atoms with van der Waals surface area (Å²) < 4.78 is 6.14. The molecule has 29 heavy (non-hydrogen) atoms. The molecule has 1 aliphatic rings. The molecular formula is C24H24N4O. The van der Waals surface area contributed by atoms with Gasteiger partial charge in [0.25, 0.3) is 0 Å². The van der Waals surface area contributed by atoms with Crippen LogP contribution in [0.4, 0.5) is 5.82 Å². The van der Waals surface area contributed by atoms with E-state index in [-0.39, 0.29) is 0 Å². The van der Waals surface area contributed by atoms with Crippen molar-refractivity contribution in [3.63, 3.8) is 0 Å². The number of furan rings is 1. The van der Waals surface area contributed by atoms with E-state index in [0.29, 0.717) is 0 Å². The largest absolute Gasteiger partial charge is 0.450 e. The van der Waals surface area contributed by atoms with Crippen LogP contribution in [-0.4, -0.2) is 47.6 Å². The third kappa shape index (κ3) is 3.61. The Morgan fingerprint density at radius 3 is 2.52 bits per heavy atom. The molecule has 1 aliphatic heterocycles. The summed E-state index contributed by atoms with van der Waals surface area (Å²) in [6.45, 7) is 6.79. The van der Waals surface area contributed by atoms with Crippen LogP contribution in [0.1, 0.15) is 11.4 Å². The van der Waals surface area contributed by atoms with Crippen molar-refractivity contribution in [1.29, 1.82) is 0 Å². The minimum absolute atomic E-state index is 0.785. The first kappa shape index (κ1) is 17.9. The second-order valence-electron chi connectivity index (χ2n) is 7.47. The van der Waals surface area contributed by atoms with E-state index >= 15 is 0 Å². The maximum Gasteiger partial charge on any atom is 0.196 e. The third-order valence-corrected chi connectivity index (χ3v) is 5.46. The van der Waals surface area contributed by atoms with E-state index in [0.717, 1.165) is 66.4 Å². The summed E-state index contributed by atoms with van der Waals surface area (Å²) in [7, 11) is 0. The predicted octanol–water partition coefficient (Wildman–Crippen LogP) is 4.52. The number of benzene rings is 2. The van der Waals surface area contributed by atoms with E-state index in [1.54, 1.807) is 0 Å². The van der Waals surface area contributed by atoms with Gasteiger partial charge in [-0.2, -0.15) is 0 Å². The van der Waals surface area contributed by atoms with Crippen LogP contribution in [0.5, 0.6) is 0 Å². The quantitative estimate of drug-likeness (QED) is 0.518. The zero-order chi connectivity index (χ0) is 19.6. The topological polar surface area (TPSA) is 45.4 Å². The molecule has 0 saturated carbocycles. The van der Waals surface area contributed by atoms with Crippen LogP contribution in [0.25, 0.3) is 28.1 Å². The van der Waals surface area contributed by atoms with E-state index in [9.17, 15) is 0 Å². The summed E-state index contributed by atoms with van der Waals surface area (Å²) in [4.78, 5) is 14.2. The molecule has 0 spiro atoms. The number of aryl methyl sites for hydroxylation is 1. The van der Waals surface area contributed by atoms with Gasteiger partial charge in [0, 0.05) is 38.1 Å². The maximum atomic E-state index is 6.14. The molecule has 5 nitrogen and oxygen atoms in total. The second-order valence-corrected chi connectivity index (χ2v) is 7.47. The van der Waals surface area contributed by atoms with Gasteiger partial charge in [-0.25, -0.2) is 9.97 Å². The normalized spacial score (nSPS) is 15.7. The van der Waals surface area contributed by atoms with Crippen molar-refractivity contribution in [2.24, 2.45) is 0 Å². The van der Waals surface area contributed by atoms with E-state index < -0.39 is 0 Å². The summed E-state index contributed by atoms with van der Waals surface area (Å²) in [5.74, 6) is 1.70. The van der Waals surface area contributed by atoms with Crippen molar-refractivity contribution >= 4 is 34.0 Å². The predicted molar refractivity (Wildman–Crippen MR) is 118 cm³/mol. The molecule has 0 atom stereocenters. The number of aromatic nitrogens is 2. The van der Waals surface area contributed by atoms with E-state index in [4.69, 9.17) is 9.40 Å². The van der Waals surface area contributed by atoms with Crippen molar-refractivity contribution in [1.82, 2.24) is 14.9 Å². The average molecular weight is 384 g/mol. The molecular weight excluding hydrogens is 360 g/mol. The molecule has 0 radical (unpaired) electrons. The Balaban J connectivity index is 1.32. The van der Waals surface area contributed by atoms with Crippen LogP contribution in [0, 0.1) is 6.92 Å². The number of anilines is 1. The SMILES string of the molecule is Cc1nc(N2CCN(CC=Cc3ccccc3)CC2)c2oc3ccccc3c2n1. The monoisotopic (exact) mass is 384 g/mol. The Bertz CT molecular complexity index is 1160. The molecule has 0 bridgehead atoms. The molecule has 1 fully saturated rings. The minimum atomic E-state index is 0.785. The number of piperazine rings is 1. The molecule has 2 aromatic carbocycles.